The molecule has 0 aliphatic heterocycles. The summed E-state index contributed by atoms with van der Waals surface area (Å²) in [4.78, 5) is 42.0. The molecule has 0 radical (unpaired) electrons. The van der Waals surface area contributed by atoms with Gasteiger partial charge in [-0.25, -0.2) is 9.97 Å². The number of likely N-dealkylation sites (N-methyl/N-ethyl adjacent to an activating group) is 2. The number of rotatable bonds is 9. The summed E-state index contributed by atoms with van der Waals surface area (Å²) >= 11 is 0. The Labute approximate surface area is 234 Å². The molecule has 0 fully saturated rings. The molecular formula is C30H35N7O3. The van der Waals surface area contributed by atoms with Crippen molar-refractivity contribution in [2.45, 2.75) is 13.8 Å². The van der Waals surface area contributed by atoms with Gasteiger partial charge in [-0.2, -0.15) is 9.59 Å². The van der Waals surface area contributed by atoms with Crippen LogP contribution >= 0.6 is 0 Å². The standard InChI is InChI=1S/C29H35N7O.CO2/c1-8-27(37)31-24-17-23(20(3)16-26(24)35(6)15-14-34(4)5)33-29-30-13-12-22(32-29)21-18-36(7)25-11-9-10-19(2)28(21)25;2-1-3/h8-13,16-18H,1,14-15H2,2-7H3,(H,31,37)(H,30,32,33);. The van der Waals surface area contributed by atoms with Crippen LogP contribution in [-0.4, -0.2) is 65.7 Å². The number of carbonyl (C=O) groups is 1. The summed E-state index contributed by atoms with van der Waals surface area (Å²) in [6.07, 6.45) is 5.40. The first kappa shape index (κ1) is 29.8. The number of nitrogens with one attached hydrogen (secondary N) is 2. The van der Waals surface area contributed by atoms with E-state index in [1.165, 1.54) is 17.0 Å². The van der Waals surface area contributed by atoms with Crippen LogP contribution in [0.3, 0.4) is 0 Å². The molecule has 0 unspecified atom stereocenters. The maximum Gasteiger partial charge on any atom is 0.373 e. The summed E-state index contributed by atoms with van der Waals surface area (Å²) in [5.74, 6) is 0.225. The van der Waals surface area contributed by atoms with Gasteiger partial charge in [0.15, 0.2) is 0 Å². The normalized spacial score (nSPS) is 10.5. The highest BCUT2D eigenvalue weighted by molar-refractivity contribution is 6.02. The van der Waals surface area contributed by atoms with Gasteiger partial charge in [-0.05, 0) is 69.4 Å². The van der Waals surface area contributed by atoms with E-state index in [9.17, 15) is 4.79 Å². The molecule has 4 rings (SSSR count). The zero-order valence-electron chi connectivity index (χ0n) is 23.8. The molecule has 0 atom stereocenters. The molecule has 0 saturated carbocycles. The van der Waals surface area contributed by atoms with E-state index in [4.69, 9.17) is 14.6 Å². The van der Waals surface area contributed by atoms with E-state index in [1.807, 2.05) is 47.2 Å². The van der Waals surface area contributed by atoms with Crippen molar-refractivity contribution in [2.75, 3.05) is 49.8 Å². The Hall–Kier alpha value is -4.79. The minimum atomic E-state index is -0.262. The molecule has 10 nitrogen and oxygen atoms in total. The average molecular weight is 542 g/mol. The largest absolute Gasteiger partial charge is 0.373 e. The topological polar surface area (TPSA) is 112 Å². The van der Waals surface area contributed by atoms with Crippen molar-refractivity contribution >= 4 is 46.0 Å². The number of hydrogen-bond donors (Lipinski definition) is 2. The van der Waals surface area contributed by atoms with Crippen LogP contribution in [0.25, 0.3) is 22.2 Å². The lowest BCUT2D eigenvalue weighted by Gasteiger charge is -2.25. The first-order valence-corrected chi connectivity index (χ1v) is 12.7. The van der Waals surface area contributed by atoms with Crippen molar-refractivity contribution < 1.29 is 14.4 Å². The molecule has 0 aliphatic carbocycles. The van der Waals surface area contributed by atoms with Crippen LogP contribution in [0.1, 0.15) is 11.1 Å². The minimum Gasteiger partial charge on any atom is -0.372 e. The zero-order chi connectivity index (χ0) is 29.4. The third kappa shape index (κ3) is 6.99. The highest BCUT2D eigenvalue weighted by Crippen LogP contribution is 2.34. The van der Waals surface area contributed by atoms with E-state index in [2.05, 4.69) is 73.9 Å². The zero-order valence-corrected chi connectivity index (χ0v) is 23.8. The molecule has 10 heteroatoms. The van der Waals surface area contributed by atoms with Gasteiger partial charge in [0.05, 0.1) is 17.1 Å². The van der Waals surface area contributed by atoms with Gasteiger partial charge in [-0.15, -0.1) is 0 Å². The lowest BCUT2D eigenvalue weighted by atomic mass is 10.1. The Bertz CT molecular complexity index is 1550. The molecule has 4 aromatic rings. The van der Waals surface area contributed by atoms with Crippen molar-refractivity contribution in [3.05, 3.63) is 72.6 Å². The Morgan fingerprint density at radius 1 is 1.07 bits per heavy atom. The van der Waals surface area contributed by atoms with Gasteiger partial charge in [-0.3, -0.25) is 4.79 Å². The van der Waals surface area contributed by atoms with Gasteiger partial charge < -0.3 is 25.0 Å². The Morgan fingerprint density at radius 3 is 2.48 bits per heavy atom. The Morgan fingerprint density at radius 2 is 1.80 bits per heavy atom. The van der Waals surface area contributed by atoms with Crippen LogP contribution in [0.5, 0.6) is 0 Å². The summed E-state index contributed by atoms with van der Waals surface area (Å²) in [5.41, 5.74) is 7.73. The van der Waals surface area contributed by atoms with Crippen molar-refractivity contribution in [3.8, 4) is 11.3 Å². The number of anilines is 4. The SMILES string of the molecule is C=CC(=O)Nc1cc(Nc2nccc(-c3cn(C)c4cccc(C)c34)n2)c(C)cc1N(C)CCN(C)C.O=C=O. The fraction of sp³-hybridized carbons (Fsp3) is 0.267. The summed E-state index contributed by atoms with van der Waals surface area (Å²) in [6, 6.07) is 12.2. The van der Waals surface area contributed by atoms with Crippen molar-refractivity contribution in [2.24, 2.45) is 7.05 Å². The molecule has 2 aromatic heterocycles. The molecule has 208 valence electrons. The van der Waals surface area contributed by atoms with Gasteiger partial charge in [0.25, 0.3) is 0 Å². The van der Waals surface area contributed by atoms with Gasteiger partial charge in [0.2, 0.25) is 11.9 Å². The first-order chi connectivity index (χ1) is 19.1. The maximum atomic E-state index is 12.2. The number of hydrogen-bond acceptors (Lipinski definition) is 8. The molecule has 2 aromatic carbocycles. The number of aromatic nitrogens is 3. The highest BCUT2D eigenvalue weighted by atomic mass is 16.2. The molecule has 2 N–H and O–H groups in total. The molecule has 0 saturated heterocycles. The average Bonchev–Trinajstić information content (AvgIpc) is 3.27. The molecule has 0 bridgehead atoms. The van der Waals surface area contributed by atoms with E-state index >= 15 is 0 Å². The van der Waals surface area contributed by atoms with Gasteiger partial charge in [0, 0.05) is 61.7 Å². The van der Waals surface area contributed by atoms with E-state index in [0.717, 1.165) is 46.8 Å². The fourth-order valence-corrected chi connectivity index (χ4v) is 4.41. The number of fused-ring (bicyclic) bond motifs is 1. The second kappa shape index (κ2) is 13.3. The highest BCUT2D eigenvalue weighted by Gasteiger charge is 2.16. The van der Waals surface area contributed by atoms with Crippen molar-refractivity contribution in [1.29, 1.82) is 0 Å². The monoisotopic (exact) mass is 541 g/mol. The van der Waals surface area contributed by atoms with Crippen molar-refractivity contribution in [1.82, 2.24) is 19.4 Å². The summed E-state index contributed by atoms with van der Waals surface area (Å²) in [6.45, 7) is 9.44. The fourth-order valence-electron chi connectivity index (χ4n) is 4.41. The Balaban J connectivity index is 0.00000141. The number of nitrogens with zero attached hydrogens (tertiary/aromatic N) is 5. The molecule has 2 heterocycles. The second-order valence-corrected chi connectivity index (χ2v) is 9.70. The predicted molar refractivity (Wildman–Crippen MR) is 159 cm³/mol. The van der Waals surface area contributed by atoms with Gasteiger partial charge in [0.1, 0.15) is 0 Å². The Kier molecular flexibility index (Phi) is 9.92. The maximum absolute atomic E-state index is 12.2. The predicted octanol–water partition coefficient (Wildman–Crippen LogP) is 4.53. The smallest absolute Gasteiger partial charge is 0.372 e. The van der Waals surface area contributed by atoms with E-state index in [-0.39, 0.29) is 12.1 Å². The van der Waals surface area contributed by atoms with Gasteiger partial charge in [-0.1, -0.05) is 18.7 Å². The van der Waals surface area contributed by atoms with Crippen LogP contribution in [0, 0.1) is 13.8 Å². The number of carbonyl (C=O) groups excluding carboxylic acids is 3. The van der Waals surface area contributed by atoms with E-state index in [1.54, 1.807) is 6.20 Å². The molecular weight excluding hydrogens is 506 g/mol. The lowest BCUT2D eigenvalue weighted by Crippen LogP contribution is -2.29. The summed E-state index contributed by atoms with van der Waals surface area (Å²) < 4.78 is 2.12. The number of amides is 1. The minimum absolute atomic E-state index is 0.250. The lowest BCUT2D eigenvalue weighted by molar-refractivity contribution is -0.191. The van der Waals surface area contributed by atoms with Crippen LogP contribution < -0.4 is 15.5 Å². The van der Waals surface area contributed by atoms with Crippen LogP contribution in [0.2, 0.25) is 0 Å². The van der Waals surface area contributed by atoms with Crippen LogP contribution in [-0.2, 0) is 21.4 Å². The third-order valence-corrected chi connectivity index (χ3v) is 6.48. The molecule has 1 amide bonds. The van der Waals surface area contributed by atoms with Crippen LogP contribution in [0.15, 0.2) is 61.4 Å². The van der Waals surface area contributed by atoms with Crippen LogP contribution in [0.4, 0.5) is 23.0 Å². The first-order valence-electron chi connectivity index (χ1n) is 12.7. The molecule has 40 heavy (non-hydrogen) atoms. The summed E-state index contributed by atoms with van der Waals surface area (Å²) in [5, 5.41) is 7.51. The molecule has 0 spiro atoms. The summed E-state index contributed by atoms with van der Waals surface area (Å²) in [7, 11) is 8.15. The van der Waals surface area contributed by atoms with E-state index < -0.39 is 0 Å². The number of benzene rings is 2. The number of aryl methyl sites for hydroxylation is 3. The second-order valence-electron chi connectivity index (χ2n) is 9.70. The van der Waals surface area contributed by atoms with E-state index in [0.29, 0.717) is 11.6 Å². The van der Waals surface area contributed by atoms with Gasteiger partial charge >= 0.3 is 6.15 Å². The third-order valence-electron chi connectivity index (χ3n) is 6.48. The quantitative estimate of drug-likeness (QED) is 0.297. The molecule has 0 aliphatic rings. The van der Waals surface area contributed by atoms with Crippen molar-refractivity contribution in [3.63, 3.8) is 0 Å².